The van der Waals surface area contributed by atoms with Crippen molar-refractivity contribution >= 4 is 16.7 Å². The van der Waals surface area contributed by atoms with Crippen LogP contribution in [0.2, 0.25) is 0 Å². The van der Waals surface area contributed by atoms with Crippen molar-refractivity contribution in [3.05, 3.63) is 53.9 Å². The highest BCUT2D eigenvalue weighted by Crippen LogP contribution is 2.23. The van der Waals surface area contributed by atoms with E-state index in [-0.39, 0.29) is 0 Å². The van der Waals surface area contributed by atoms with Crippen LogP contribution in [0.4, 0.5) is 5.69 Å². The average Bonchev–Trinajstić information content (AvgIpc) is 2.86. The van der Waals surface area contributed by atoms with Crippen molar-refractivity contribution in [2.75, 3.05) is 12.3 Å². The zero-order chi connectivity index (χ0) is 15.5. The summed E-state index contributed by atoms with van der Waals surface area (Å²) in [6.45, 7) is 5.69. The molecule has 3 rings (SSSR count). The van der Waals surface area contributed by atoms with E-state index >= 15 is 0 Å². The smallest absolute Gasteiger partial charge is 0.121 e. The van der Waals surface area contributed by atoms with Crippen LogP contribution in [0.25, 0.3) is 11.0 Å². The summed E-state index contributed by atoms with van der Waals surface area (Å²) >= 11 is 0. The van der Waals surface area contributed by atoms with Gasteiger partial charge in [0.25, 0.3) is 0 Å². The number of imidazole rings is 1. The highest BCUT2D eigenvalue weighted by molar-refractivity contribution is 5.78. The second-order valence-corrected chi connectivity index (χ2v) is 5.27. The SMILES string of the molecule is CCOc1ccc2c(c1)nc(Cc1ccc(N)cc1)n2CC. The lowest BCUT2D eigenvalue weighted by Gasteiger charge is -2.07. The van der Waals surface area contributed by atoms with Gasteiger partial charge in [-0.05, 0) is 43.7 Å². The highest BCUT2D eigenvalue weighted by Gasteiger charge is 2.11. The van der Waals surface area contributed by atoms with Gasteiger partial charge < -0.3 is 15.0 Å². The molecule has 2 aromatic carbocycles. The molecule has 4 heteroatoms. The van der Waals surface area contributed by atoms with Crippen molar-refractivity contribution in [3.63, 3.8) is 0 Å². The number of hydrogen-bond donors (Lipinski definition) is 1. The van der Waals surface area contributed by atoms with Gasteiger partial charge in [0, 0.05) is 24.7 Å². The van der Waals surface area contributed by atoms with Gasteiger partial charge in [-0.2, -0.15) is 0 Å². The van der Waals surface area contributed by atoms with Crippen molar-refractivity contribution < 1.29 is 4.74 Å². The summed E-state index contributed by atoms with van der Waals surface area (Å²) in [7, 11) is 0. The van der Waals surface area contributed by atoms with Gasteiger partial charge in [-0.1, -0.05) is 12.1 Å². The van der Waals surface area contributed by atoms with Gasteiger partial charge in [-0.25, -0.2) is 4.98 Å². The summed E-state index contributed by atoms with van der Waals surface area (Å²) in [6, 6.07) is 14.1. The van der Waals surface area contributed by atoms with Crippen LogP contribution in [0, 0.1) is 0 Å². The molecule has 0 aliphatic carbocycles. The number of nitrogens with zero attached hydrogens (tertiary/aromatic N) is 2. The monoisotopic (exact) mass is 295 g/mol. The molecule has 0 spiro atoms. The zero-order valence-corrected chi connectivity index (χ0v) is 13.0. The first-order chi connectivity index (χ1) is 10.7. The van der Waals surface area contributed by atoms with Gasteiger partial charge >= 0.3 is 0 Å². The van der Waals surface area contributed by atoms with Gasteiger partial charge in [-0.15, -0.1) is 0 Å². The third kappa shape index (κ3) is 2.77. The normalized spacial score (nSPS) is 11.0. The molecule has 0 atom stereocenters. The molecule has 0 radical (unpaired) electrons. The molecule has 3 aromatic rings. The Bertz CT molecular complexity index is 775. The van der Waals surface area contributed by atoms with Gasteiger partial charge in [0.05, 0.1) is 17.6 Å². The molecule has 0 saturated carbocycles. The average molecular weight is 295 g/mol. The first kappa shape index (κ1) is 14.4. The lowest BCUT2D eigenvalue weighted by molar-refractivity contribution is 0.340. The van der Waals surface area contributed by atoms with Gasteiger partial charge in [0.2, 0.25) is 0 Å². The Morgan fingerprint density at radius 2 is 1.86 bits per heavy atom. The molecular formula is C18H21N3O. The minimum Gasteiger partial charge on any atom is -0.494 e. The maximum atomic E-state index is 5.75. The number of benzene rings is 2. The van der Waals surface area contributed by atoms with Gasteiger partial charge in [-0.3, -0.25) is 0 Å². The number of aromatic nitrogens is 2. The third-order valence-corrected chi connectivity index (χ3v) is 3.77. The molecule has 22 heavy (non-hydrogen) atoms. The molecule has 4 nitrogen and oxygen atoms in total. The second kappa shape index (κ2) is 6.10. The summed E-state index contributed by atoms with van der Waals surface area (Å²) in [6.07, 6.45) is 0.798. The summed E-state index contributed by atoms with van der Waals surface area (Å²) < 4.78 is 7.82. The van der Waals surface area contributed by atoms with E-state index in [2.05, 4.69) is 29.7 Å². The number of aryl methyl sites for hydroxylation is 1. The minimum atomic E-state index is 0.665. The first-order valence-corrected chi connectivity index (χ1v) is 7.67. The molecule has 0 aliphatic heterocycles. The fraction of sp³-hybridized carbons (Fsp3) is 0.278. The predicted molar refractivity (Wildman–Crippen MR) is 90.2 cm³/mol. The van der Waals surface area contributed by atoms with Crippen LogP contribution in [0.5, 0.6) is 5.75 Å². The van der Waals surface area contributed by atoms with Crippen LogP contribution in [0.3, 0.4) is 0 Å². The standard InChI is InChI=1S/C18H21N3O/c1-3-21-17-10-9-15(22-4-2)12-16(17)20-18(21)11-13-5-7-14(19)8-6-13/h5-10,12H,3-4,11,19H2,1-2H3. The van der Waals surface area contributed by atoms with Crippen LogP contribution < -0.4 is 10.5 Å². The largest absolute Gasteiger partial charge is 0.494 e. The Morgan fingerprint density at radius 1 is 1.09 bits per heavy atom. The van der Waals surface area contributed by atoms with Crippen molar-refractivity contribution in [2.45, 2.75) is 26.8 Å². The fourth-order valence-electron chi connectivity index (χ4n) is 2.72. The molecule has 0 fully saturated rings. The maximum absolute atomic E-state index is 5.75. The lowest BCUT2D eigenvalue weighted by Crippen LogP contribution is -2.02. The molecule has 0 aliphatic rings. The van der Waals surface area contributed by atoms with Crippen molar-refractivity contribution in [1.29, 1.82) is 0 Å². The summed E-state index contributed by atoms with van der Waals surface area (Å²) in [5.41, 5.74) is 9.88. The second-order valence-electron chi connectivity index (χ2n) is 5.27. The van der Waals surface area contributed by atoms with E-state index in [0.717, 1.165) is 41.3 Å². The molecular weight excluding hydrogens is 274 g/mol. The van der Waals surface area contributed by atoms with Gasteiger partial charge in [0.1, 0.15) is 11.6 Å². The van der Waals surface area contributed by atoms with Crippen LogP contribution in [0.1, 0.15) is 25.2 Å². The summed E-state index contributed by atoms with van der Waals surface area (Å²) in [4.78, 5) is 4.80. The molecule has 1 heterocycles. The Morgan fingerprint density at radius 3 is 2.55 bits per heavy atom. The van der Waals surface area contributed by atoms with Crippen molar-refractivity contribution in [3.8, 4) is 5.75 Å². The maximum Gasteiger partial charge on any atom is 0.121 e. The van der Waals surface area contributed by atoms with E-state index in [9.17, 15) is 0 Å². The molecule has 0 unspecified atom stereocenters. The number of hydrogen-bond acceptors (Lipinski definition) is 3. The topological polar surface area (TPSA) is 53.1 Å². The highest BCUT2D eigenvalue weighted by atomic mass is 16.5. The minimum absolute atomic E-state index is 0.665. The quantitative estimate of drug-likeness (QED) is 0.731. The third-order valence-electron chi connectivity index (χ3n) is 3.77. The van der Waals surface area contributed by atoms with Crippen LogP contribution in [0.15, 0.2) is 42.5 Å². The summed E-state index contributed by atoms with van der Waals surface area (Å²) in [5, 5.41) is 0. The Labute approximate surface area is 130 Å². The van der Waals surface area contributed by atoms with Gasteiger partial charge in [0.15, 0.2) is 0 Å². The van der Waals surface area contributed by atoms with Crippen molar-refractivity contribution in [1.82, 2.24) is 9.55 Å². The van der Waals surface area contributed by atoms with E-state index in [0.29, 0.717) is 6.61 Å². The molecule has 0 bridgehead atoms. The molecule has 2 N–H and O–H groups in total. The predicted octanol–water partition coefficient (Wildman–Crippen LogP) is 3.63. The summed E-state index contributed by atoms with van der Waals surface area (Å²) in [5.74, 6) is 1.94. The lowest BCUT2D eigenvalue weighted by atomic mass is 10.1. The van der Waals surface area contributed by atoms with E-state index in [1.165, 1.54) is 5.56 Å². The number of rotatable bonds is 5. The molecule has 0 saturated heterocycles. The molecule has 114 valence electrons. The van der Waals surface area contributed by atoms with Crippen molar-refractivity contribution in [2.24, 2.45) is 0 Å². The number of fused-ring (bicyclic) bond motifs is 1. The van der Waals surface area contributed by atoms with E-state index in [1.54, 1.807) is 0 Å². The number of nitrogen functional groups attached to an aromatic ring is 1. The first-order valence-electron chi connectivity index (χ1n) is 7.67. The Hall–Kier alpha value is -2.49. The van der Waals surface area contributed by atoms with E-state index in [4.69, 9.17) is 15.5 Å². The fourth-order valence-corrected chi connectivity index (χ4v) is 2.72. The number of anilines is 1. The van der Waals surface area contributed by atoms with Crippen LogP contribution >= 0.6 is 0 Å². The zero-order valence-electron chi connectivity index (χ0n) is 13.0. The van der Waals surface area contributed by atoms with Crippen LogP contribution in [-0.2, 0) is 13.0 Å². The van der Waals surface area contributed by atoms with Crippen LogP contribution in [-0.4, -0.2) is 16.2 Å². The number of nitrogens with two attached hydrogens (primary N) is 1. The molecule has 1 aromatic heterocycles. The Balaban J connectivity index is 1.99. The number of ether oxygens (including phenoxy) is 1. The Kier molecular flexibility index (Phi) is 4.00. The molecule has 0 amide bonds. The van der Waals surface area contributed by atoms with E-state index in [1.807, 2.05) is 31.2 Å². The van der Waals surface area contributed by atoms with E-state index < -0.39 is 0 Å².